The third kappa shape index (κ3) is 15.0. The van der Waals surface area contributed by atoms with E-state index in [0.717, 1.165) is 30.6 Å². The van der Waals surface area contributed by atoms with E-state index in [9.17, 15) is 49.5 Å². The number of aromatic hydroxyl groups is 2. The van der Waals surface area contributed by atoms with Crippen molar-refractivity contribution in [1.82, 2.24) is 20.9 Å². The Morgan fingerprint density at radius 1 is 0.722 bits per heavy atom. The number of amides is 4. The van der Waals surface area contributed by atoms with Gasteiger partial charge in [0.2, 0.25) is 17.7 Å². The molecule has 4 amide bonds. The van der Waals surface area contributed by atoms with Crippen molar-refractivity contribution in [1.29, 1.82) is 0 Å². The molecule has 0 aliphatic carbocycles. The van der Waals surface area contributed by atoms with E-state index in [-0.39, 0.29) is 36.7 Å². The van der Waals surface area contributed by atoms with E-state index in [0.29, 0.717) is 24.0 Å². The van der Waals surface area contributed by atoms with Crippen molar-refractivity contribution >= 4 is 29.6 Å². The van der Waals surface area contributed by atoms with Gasteiger partial charge in [0.25, 0.3) is 5.91 Å². The Kier molecular flexibility index (Phi) is 18.9. The number of nitrogens with one attached hydrogen (secondary N) is 3. The third-order valence-electron chi connectivity index (χ3n) is 9.17. The monoisotopic (exact) mass is 757 g/mol. The summed E-state index contributed by atoms with van der Waals surface area (Å²) in [4.78, 5) is 67.9. The predicted molar refractivity (Wildman–Crippen MR) is 202 cm³/mol. The maximum Gasteiger partial charge on any atom is 0.326 e. The summed E-state index contributed by atoms with van der Waals surface area (Å²) in [7, 11) is 1.32. The van der Waals surface area contributed by atoms with Crippen molar-refractivity contribution in [2.24, 2.45) is 11.7 Å². The minimum Gasteiger partial charge on any atom is -0.508 e. The number of nitrogens with two attached hydrogens (primary N) is 1. The summed E-state index contributed by atoms with van der Waals surface area (Å²) in [5.41, 5.74) is 7.13. The average molecular weight is 758 g/mol. The molecule has 54 heavy (non-hydrogen) atoms. The van der Waals surface area contributed by atoms with Crippen molar-refractivity contribution in [3.8, 4) is 11.5 Å². The molecule has 0 saturated carbocycles. The number of carbonyl (C=O) groups is 5. The van der Waals surface area contributed by atoms with Crippen LogP contribution >= 0.6 is 0 Å². The molecule has 0 aromatic heterocycles. The highest BCUT2D eigenvalue weighted by Crippen LogP contribution is 2.17. The van der Waals surface area contributed by atoms with Gasteiger partial charge in [-0.2, -0.15) is 0 Å². The molecule has 7 atom stereocenters. The fourth-order valence-electron chi connectivity index (χ4n) is 5.91. The molecule has 2 aromatic rings. The molecule has 10 N–H and O–H groups in total. The van der Waals surface area contributed by atoms with Crippen LogP contribution < -0.4 is 21.7 Å². The second-order valence-electron chi connectivity index (χ2n) is 14.3. The summed E-state index contributed by atoms with van der Waals surface area (Å²) in [6, 6.07) is 5.27. The number of carbonyl (C=O) groups excluding carboxylic acids is 4. The van der Waals surface area contributed by atoms with Gasteiger partial charge in [0.15, 0.2) is 0 Å². The van der Waals surface area contributed by atoms with Crippen LogP contribution in [0.25, 0.3) is 0 Å². The Morgan fingerprint density at radius 3 is 1.70 bits per heavy atom. The van der Waals surface area contributed by atoms with Crippen molar-refractivity contribution in [2.75, 3.05) is 7.05 Å². The lowest BCUT2D eigenvalue weighted by Crippen LogP contribution is -2.61. The Balaban J connectivity index is 2.31. The molecule has 0 saturated heterocycles. The number of phenolic OH excluding ortho intramolecular Hbond substituents is 2. The summed E-state index contributed by atoms with van der Waals surface area (Å²) in [5.74, 6) is -4.90. The molecule has 0 bridgehead atoms. The Labute approximate surface area is 317 Å². The largest absolute Gasteiger partial charge is 0.508 e. The van der Waals surface area contributed by atoms with Gasteiger partial charge in [0.05, 0.1) is 6.10 Å². The van der Waals surface area contributed by atoms with Crippen LogP contribution in [0.3, 0.4) is 0 Å². The number of hydrogen-bond acceptors (Lipinski definition) is 10. The highest BCUT2D eigenvalue weighted by Gasteiger charge is 2.38. The first-order valence-corrected chi connectivity index (χ1v) is 18.5. The number of phenols is 2. The molecule has 1 unspecified atom stereocenters. The molecule has 2 aromatic carbocycles. The normalized spacial score (nSPS) is 15.2. The van der Waals surface area contributed by atoms with Crippen LogP contribution in [0.5, 0.6) is 11.5 Å². The van der Waals surface area contributed by atoms with E-state index in [2.05, 4.69) is 22.9 Å². The summed E-state index contributed by atoms with van der Waals surface area (Å²) in [6.45, 7) is 7.00. The smallest absolute Gasteiger partial charge is 0.326 e. The first-order valence-electron chi connectivity index (χ1n) is 18.5. The molecule has 0 spiro atoms. The first-order chi connectivity index (χ1) is 25.4. The summed E-state index contributed by atoms with van der Waals surface area (Å²) < 4.78 is 0. The number of aliphatic carboxylic acids is 1. The van der Waals surface area contributed by atoms with Gasteiger partial charge < -0.3 is 52.1 Å². The number of aliphatic hydroxyl groups excluding tert-OH is 2. The molecule has 0 aliphatic heterocycles. The second kappa shape index (κ2) is 22.5. The quantitative estimate of drug-likeness (QED) is 0.0739. The lowest BCUT2D eigenvalue weighted by Gasteiger charge is -2.34. The number of unbranched alkanes of at least 4 members (excludes halogenated alkanes) is 4. The zero-order valence-corrected chi connectivity index (χ0v) is 31.9. The van der Waals surface area contributed by atoms with E-state index >= 15 is 0 Å². The van der Waals surface area contributed by atoms with Gasteiger partial charge in [-0.05, 0) is 61.1 Å². The van der Waals surface area contributed by atoms with Crippen LogP contribution in [-0.4, -0.2) is 109 Å². The van der Waals surface area contributed by atoms with Gasteiger partial charge in [0, 0.05) is 25.9 Å². The maximum absolute atomic E-state index is 14.0. The average Bonchev–Trinajstić information content (AvgIpc) is 3.12. The minimum atomic E-state index is -1.65. The van der Waals surface area contributed by atoms with Crippen molar-refractivity contribution in [3.05, 3.63) is 59.7 Å². The number of likely N-dealkylation sites (N-methyl/N-ethyl adjacent to an activating group) is 1. The van der Waals surface area contributed by atoms with Crippen molar-refractivity contribution < 1.29 is 49.5 Å². The van der Waals surface area contributed by atoms with Gasteiger partial charge in [-0.25, -0.2) is 4.79 Å². The zero-order chi connectivity index (χ0) is 40.5. The summed E-state index contributed by atoms with van der Waals surface area (Å²) >= 11 is 0. The molecular formula is C39H59N5O10. The Hall–Kier alpha value is -4.73. The van der Waals surface area contributed by atoms with Gasteiger partial charge in [0.1, 0.15) is 41.8 Å². The topological polar surface area (TPSA) is 252 Å². The van der Waals surface area contributed by atoms with E-state index in [1.807, 2.05) is 13.8 Å². The standard InChI is InChI=1S/C39H59N5O10/c1-6-7-8-9-10-11-29(40)34(48)37(51)43-33(24(4)45)38(52)44(5)32(20-23(2)3)36(50)41-30(21-25-12-16-27(46)17-13-25)35(49)42-31(39(53)54)22-26-14-18-28(47)19-15-26/h12-19,23-24,29-34,45-48H,6-11,20-22,40H2,1-5H3,(H,41,50)(H,42,49)(H,43,51)(H,53,54)/t24?,29-,30+,31+,32+,33+,34+/m1/s1. The van der Waals surface area contributed by atoms with Gasteiger partial charge in [-0.15, -0.1) is 0 Å². The molecule has 0 radical (unpaired) electrons. The molecule has 15 nitrogen and oxygen atoms in total. The van der Waals surface area contributed by atoms with Gasteiger partial charge in [-0.1, -0.05) is 77.1 Å². The van der Waals surface area contributed by atoms with Crippen LogP contribution in [0, 0.1) is 5.92 Å². The van der Waals surface area contributed by atoms with E-state index in [1.54, 1.807) is 0 Å². The fraction of sp³-hybridized carbons (Fsp3) is 0.564. The maximum atomic E-state index is 14.0. The fourth-order valence-corrected chi connectivity index (χ4v) is 5.91. The summed E-state index contributed by atoms with van der Waals surface area (Å²) in [5, 5.41) is 58.1. The SMILES string of the molecule is CCCCCCC[C@@H](N)[C@H](O)C(=O)N[C@H](C(=O)N(C)[C@@H](CC(C)C)C(=O)N[C@@H](Cc1ccc(O)cc1)C(=O)N[C@@H](Cc1ccc(O)cc1)C(=O)O)C(C)O. The third-order valence-corrected chi connectivity index (χ3v) is 9.17. The Morgan fingerprint density at radius 2 is 1.22 bits per heavy atom. The lowest BCUT2D eigenvalue weighted by atomic mass is 9.98. The predicted octanol–water partition coefficient (Wildman–Crippen LogP) is 1.72. The van der Waals surface area contributed by atoms with Gasteiger partial charge in [-0.3, -0.25) is 19.2 Å². The summed E-state index contributed by atoms with van der Waals surface area (Å²) in [6.07, 6.45) is 1.91. The van der Waals surface area contributed by atoms with Crippen LogP contribution in [-0.2, 0) is 36.8 Å². The van der Waals surface area contributed by atoms with E-state index in [4.69, 9.17) is 5.73 Å². The highest BCUT2D eigenvalue weighted by atomic mass is 16.4. The number of benzene rings is 2. The molecule has 0 heterocycles. The van der Waals surface area contributed by atoms with Gasteiger partial charge >= 0.3 is 5.97 Å². The van der Waals surface area contributed by atoms with Crippen LogP contribution in [0.4, 0.5) is 0 Å². The van der Waals surface area contributed by atoms with Crippen LogP contribution in [0.15, 0.2) is 48.5 Å². The highest BCUT2D eigenvalue weighted by molar-refractivity contribution is 5.95. The first kappa shape index (κ1) is 45.4. The Bertz CT molecular complexity index is 1500. The molecule has 15 heteroatoms. The molecule has 0 aliphatic rings. The lowest BCUT2D eigenvalue weighted by molar-refractivity contribution is -0.146. The number of rotatable bonds is 23. The number of nitrogens with zero attached hydrogens (tertiary/aromatic N) is 1. The number of carboxylic acids is 1. The number of carboxylic acid groups (broad SMARTS) is 1. The van der Waals surface area contributed by atoms with Crippen LogP contribution in [0.1, 0.15) is 83.8 Å². The zero-order valence-electron chi connectivity index (χ0n) is 31.9. The molecule has 0 fully saturated rings. The molecule has 2 rings (SSSR count). The molecular weight excluding hydrogens is 698 g/mol. The minimum absolute atomic E-state index is 0.0156. The molecule has 300 valence electrons. The van der Waals surface area contributed by atoms with E-state index in [1.165, 1.54) is 62.5 Å². The van der Waals surface area contributed by atoms with E-state index < -0.39 is 72.0 Å². The van der Waals surface area contributed by atoms with Crippen molar-refractivity contribution in [3.63, 3.8) is 0 Å². The number of hydrogen-bond donors (Lipinski definition) is 9. The number of aliphatic hydroxyl groups is 2. The van der Waals surface area contributed by atoms with Crippen LogP contribution in [0.2, 0.25) is 0 Å². The second-order valence-corrected chi connectivity index (χ2v) is 14.3. The van der Waals surface area contributed by atoms with Crippen molar-refractivity contribution in [2.45, 2.75) is 128 Å².